The quantitative estimate of drug-likeness (QED) is 0.371. The van der Waals surface area contributed by atoms with E-state index >= 15 is 0 Å². The summed E-state index contributed by atoms with van der Waals surface area (Å²) in [6, 6.07) is 4.82. The topological polar surface area (TPSA) is 172 Å². The average Bonchev–Trinajstić information content (AvgIpc) is 3.37. The van der Waals surface area contributed by atoms with Crippen molar-refractivity contribution >= 4 is 34.6 Å². The Hall–Kier alpha value is -3.40. The number of para-hydroxylation sites is 1. The van der Waals surface area contributed by atoms with Crippen LogP contribution in [0.15, 0.2) is 30.5 Å². The largest absolute Gasteiger partial charge is 0.480 e. The molecule has 1 aromatic carbocycles. The third kappa shape index (κ3) is 5.21. The van der Waals surface area contributed by atoms with Crippen LogP contribution >= 0.6 is 0 Å². The highest BCUT2D eigenvalue weighted by Gasteiger charge is 2.37. The number of likely N-dealkylation sites (tertiary alicyclic amines) is 1. The molecule has 31 heavy (non-hydrogen) atoms. The molecule has 1 aliphatic rings. The van der Waals surface area contributed by atoms with Gasteiger partial charge in [0.15, 0.2) is 0 Å². The number of H-pyrrole nitrogens is 1. The highest BCUT2D eigenvalue weighted by atomic mass is 16.4. The molecule has 2 heterocycles. The van der Waals surface area contributed by atoms with Gasteiger partial charge in [0.05, 0.1) is 6.04 Å². The summed E-state index contributed by atoms with van der Waals surface area (Å²) in [6.07, 6.45) is 2.88. The van der Waals surface area contributed by atoms with Crippen LogP contribution < -0.4 is 16.8 Å². The summed E-state index contributed by atoms with van der Waals surface area (Å²) in [4.78, 5) is 52.6. The molecule has 0 bridgehead atoms. The van der Waals surface area contributed by atoms with Crippen molar-refractivity contribution in [3.63, 3.8) is 0 Å². The first-order chi connectivity index (χ1) is 14.8. The number of carbonyl (C=O) groups is 4. The number of aromatic amines is 1. The molecule has 166 valence electrons. The lowest BCUT2D eigenvalue weighted by Gasteiger charge is -2.27. The van der Waals surface area contributed by atoms with Gasteiger partial charge < -0.3 is 31.8 Å². The van der Waals surface area contributed by atoms with E-state index in [0.717, 1.165) is 16.5 Å². The number of amides is 3. The number of hydrogen-bond acceptors (Lipinski definition) is 5. The number of carbonyl (C=O) groups excluding carboxylic acids is 3. The van der Waals surface area contributed by atoms with Gasteiger partial charge in [0.2, 0.25) is 17.7 Å². The molecule has 1 fully saturated rings. The number of benzene rings is 1. The number of carboxylic acids is 1. The van der Waals surface area contributed by atoms with E-state index in [2.05, 4.69) is 10.3 Å². The van der Waals surface area contributed by atoms with Crippen molar-refractivity contribution < 1.29 is 24.3 Å². The molecule has 2 aromatic rings. The standard InChI is InChI=1S/C21H27N5O5/c22-14(10-12-11-24-15-5-2-1-4-13(12)15)20(29)26-9-3-6-17(26)19(28)25-16(21(30)31)7-8-18(23)27/h1-2,4-5,11,14,16-17,24H,3,6-10,22H2,(H2,23,27)(H,25,28)(H,30,31)/t14-,16-,17-/m0/s1. The lowest BCUT2D eigenvalue weighted by Crippen LogP contribution is -2.54. The average molecular weight is 429 g/mol. The minimum Gasteiger partial charge on any atom is -0.480 e. The molecule has 3 amide bonds. The van der Waals surface area contributed by atoms with Crippen LogP contribution in [0.3, 0.4) is 0 Å². The SMILES string of the molecule is NC(=O)CC[C@H](NC(=O)[C@@H]1CCCN1C(=O)[C@@H](N)Cc1c[nH]c2ccccc12)C(=O)O. The molecule has 7 N–H and O–H groups in total. The highest BCUT2D eigenvalue weighted by molar-refractivity contribution is 5.93. The van der Waals surface area contributed by atoms with Gasteiger partial charge in [-0.2, -0.15) is 0 Å². The normalized spacial score (nSPS) is 18.0. The first-order valence-electron chi connectivity index (χ1n) is 10.2. The Balaban J connectivity index is 1.65. The van der Waals surface area contributed by atoms with Gasteiger partial charge in [-0.05, 0) is 37.3 Å². The Labute approximate surface area is 178 Å². The minimum absolute atomic E-state index is 0.114. The molecule has 10 heteroatoms. The van der Waals surface area contributed by atoms with E-state index in [0.29, 0.717) is 25.8 Å². The minimum atomic E-state index is -1.26. The second-order valence-electron chi connectivity index (χ2n) is 7.76. The summed E-state index contributed by atoms with van der Waals surface area (Å²) in [5, 5.41) is 12.7. The van der Waals surface area contributed by atoms with Crippen LogP contribution in [0.4, 0.5) is 0 Å². The molecule has 10 nitrogen and oxygen atoms in total. The number of nitrogens with one attached hydrogen (secondary N) is 2. The zero-order chi connectivity index (χ0) is 22.5. The van der Waals surface area contributed by atoms with Crippen molar-refractivity contribution in [3.8, 4) is 0 Å². The van der Waals surface area contributed by atoms with E-state index in [1.54, 1.807) is 0 Å². The van der Waals surface area contributed by atoms with Crippen LogP contribution in [0, 0.1) is 0 Å². The monoisotopic (exact) mass is 429 g/mol. The Kier molecular flexibility index (Phi) is 6.91. The van der Waals surface area contributed by atoms with Crippen LogP contribution in [-0.4, -0.2) is 63.4 Å². The van der Waals surface area contributed by atoms with E-state index in [1.807, 2.05) is 30.5 Å². The summed E-state index contributed by atoms with van der Waals surface area (Å²) in [6.45, 7) is 0.373. The molecule has 0 radical (unpaired) electrons. The molecule has 0 unspecified atom stereocenters. The molecular formula is C21H27N5O5. The number of hydrogen-bond donors (Lipinski definition) is 5. The van der Waals surface area contributed by atoms with E-state index < -0.39 is 35.9 Å². The molecule has 0 spiro atoms. The van der Waals surface area contributed by atoms with Gasteiger partial charge in [0.25, 0.3) is 0 Å². The van der Waals surface area contributed by atoms with Gasteiger partial charge in [-0.1, -0.05) is 18.2 Å². The third-order valence-electron chi connectivity index (χ3n) is 5.56. The number of primary amides is 1. The fraction of sp³-hybridized carbons (Fsp3) is 0.429. The van der Waals surface area contributed by atoms with Crippen molar-refractivity contribution in [2.45, 2.75) is 50.2 Å². The van der Waals surface area contributed by atoms with Crippen molar-refractivity contribution in [2.24, 2.45) is 11.5 Å². The van der Waals surface area contributed by atoms with Crippen molar-refractivity contribution in [1.82, 2.24) is 15.2 Å². The fourth-order valence-electron chi connectivity index (χ4n) is 3.95. The smallest absolute Gasteiger partial charge is 0.326 e. The van der Waals surface area contributed by atoms with Gasteiger partial charge in [-0.15, -0.1) is 0 Å². The second-order valence-corrected chi connectivity index (χ2v) is 7.76. The summed E-state index contributed by atoms with van der Waals surface area (Å²) in [7, 11) is 0. The molecule has 1 aliphatic heterocycles. The van der Waals surface area contributed by atoms with E-state index in [-0.39, 0.29) is 18.7 Å². The number of nitrogens with zero attached hydrogens (tertiary/aromatic N) is 1. The number of aromatic nitrogens is 1. The summed E-state index contributed by atoms with van der Waals surface area (Å²) < 4.78 is 0. The lowest BCUT2D eigenvalue weighted by molar-refractivity contribution is -0.144. The zero-order valence-electron chi connectivity index (χ0n) is 17.0. The van der Waals surface area contributed by atoms with Gasteiger partial charge >= 0.3 is 5.97 Å². The van der Waals surface area contributed by atoms with E-state index in [1.165, 1.54) is 4.90 Å². The predicted octanol–water partition coefficient (Wildman–Crippen LogP) is -0.136. The van der Waals surface area contributed by atoms with Crippen LogP contribution in [0.1, 0.15) is 31.2 Å². The third-order valence-corrected chi connectivity index (χ3v) is 5.56. The van der Waals surface area contributed by atoms with E-state index in [9.17, 15) is 24.3 Å². The summed E-state index contributed by atoms with van der Waals surface area (Å²) >= 11 is 0. The Morgan fingerprint density at radius 1 is 1.26 bits per heavy atom. The lowest BCUT2D eigenvalue weighted by atomic mass is 10.0. The second kappa shape index (κ2) is 9.61. The number of rotatable bonds is 9. The van der Waals surface area contributed by atoms with Crippen LogP contribution in [0.2, 0.25) is 0 Å². The first kappa shape index (κ1) is 22.3. The molecule has 1 saturated heterocycles. The number of carboxylic acid groups (broad SMARTS) is 1. The highest BCUT2D eigenvalue weighted by Crippen LogP contribution is 2.22. The number of nitrogens with two attached hydrogens (primary N) is 2. The van der Waals surface area contributed by atoms with Crippen LogP contribution in [0.25, 0.3) is 10.9 Å². The molecular weight excluding hydrogens is 402 g/mol. The molecule has 3 rings (SSSR count). The van der Waals surface area contributed by atoms with Crippen molar-refractivity contribution in [1.29, 1.82) is 0 Å². The summed E-state index contributed by atoms with van der Waals surface area (Å²) in [5.41, 5.74) is 13.1. The predicted molar refractivity (Wildman–Crippen MR) is 113 cm³/mol. The Bertz CT molecular complexity index is 987. The molecule has 3 atom stereocenters. The summed E-state index contributed by atoms with van der Waals surface area (Å²) in [5.74, 6) is -2.84. The molecule has 0 aliphatic carbocycles. The maximum Gasteiger partial charge on any atom is 0.326 e. The van der Waals surface area contributed by atoms with Gasteiger partial charge in [0.1, 0.15) is 12.1 Å². The van der Waals surface area contributed by atoms with E-state index in [4.69, 9.17) is 11.5 Å². The van der Waals surface area contributed by atoms with Crippen molar-refractivity contribution in [3.05, 3.63) is 36.0 Å². The Morgan fingerprint density at radius 3 is 2.71 bits per heavy atom. The number of fused-ring (bicyclic) bond motifs is 1. The first-order valence-corrected chi connectivity index (χ1v) is 10.2. The van der Waals surface area contributed by atoms with Crippen LogP contribution in [0.5, 0.6) is 0 Å². The van der Waals surface area contributed by atoms with Gasteiger partial charge in [0, 0.05) is 30.1 Å². The van der Waals surface area contributed by atoms with Crippen molar-refractivity contribution in [2.75, 3.05) is 6.54 Å². The zero-order valence-corrected chi connectivity index (χ0v) is 17.0. The van der Waals surface area contributed by atoms with Gasteiger partial charge in [-0.25, -0.2) is 4.79 Å². The molecule has 1 aromatic heterocycles. The maximum atomic E-state index is 13.0. The Morgan fingerprint density at radius 2 is 2.00 bits per heavy atom. The molecule has 0 saturated carbocycles. The van der Waals surface area contributed by atoms with Gasteiger partial charge in [-0.3, -0.25) is 14.4 Å². The maximum absolute atomic E-state index is 13.0. The number of aliphatic carboxylic acids is 1. The van der Waals surface area contributed by atoms with Crippen LogP contribution in [-0.2, 0) is 25.6 Å². The fourth-order valence-corrected chi connectivity index (χ4v) is 3.95.